The summed E-state index contributed by atoms with van der Waals surface area (Å²) in [7, 11) is 2.11. The Balaban J connectivity index is 2.25. The molecule has 6 heteroatoms. The summed E-state index contributed by atoms with van der Waals surface area (Å²) in [5, 5.41) is 17.0. The van der Waals surface area contributed by atoms with Gasteiger partial charge in [-0.3, -0.25) is 5.10 Å². The zero-order valence-electron chi connectivity index (χ0n) is 12.7. The molecule has 112 valence electrons. The number of hydrogen-bond acceptors (Lipinski definition) is 5. The fourth-order valence-corrected chi connectivity index (χ4v) is 3.87. The van der Waals surface area contributed by atoms with E-state index in [2.05, 4.69) is 42.1 Å². The molecule has 3 heterocycles. The maximum absolute atomic E-state index is 9.68. The van der Waals surface area contributed by atoms with Crippen molar-refractivity contribution < 1.29 is 4.74 Å². The van der Waals surface area contributed by atoms with E-state index in [1.54, 1.807) is 0 Å². The minimum Gasteiger partial charge on any atom is -0.420 e. The summed E-state index contributed by atoms with van der Waals surface area (Å²) in [6.45, 7) is 6.11. The molecule has 6 nitrogen and oxygen atoms in total. The fraction of sp³-hybridized carbons (Fsp3) is 0.600. The molecular weight excluding hydrogens is 266 g/mol. The third kappa shape index (κ3) is 1.77. The zero-order chi connectivity index (χ0) is 15.2. The molecule has 2 aliphatic rings. The lowest BCUT2D eigenvalue weighted by Gasteiger charge is -2.47. The third-order valence-corrected chi connectivity index (χ3v) is 4.93. The average Bonchev–Trinajstić information content (AvgIpc) is 2.86. The van der Waals surface area contributed by atoms with Crippen molar-refractivity contribution in [3.05, 3.63) is 22.7 Å². The van der Waals surface area contributed by atoms with Crippen LogP contribution >= 0.6 is 0 Å². The van der Waals surface area contributed by atoms with Crippen LogP contribution in [0.25, 0.3) is 0 Å². The van der Waals surface area contributed by atoms with E-state index in [4.69, 9.17) is 10.5 Å². The van der Waals surface area contributed by atoms with Gasteiger partial charge in [0, 0.05) is 23.2 Å². The molecule has 0 saturated carbocycles. The Labute approximate surface area is 124 Å². The standard InChI is InChI=1S/C15H21N5O/c1-4-11-12-14(19-18-11)21-13(17)10(7-16)15(12)5-6-20(3)8-9(15)2/h9H,4-6,8,17H2,1-3H3,(H,18,19)/t9-,15?/m1/s1. The highest BCUT2D eigenvalue weighted by molar-refractivity contribution is 5.55. The highest BCUT2D eigenvalue weighted by atomic mass is 16.5. The Morgan fingerprint density at radius 2 is 2.38 bits per heavy atom. The summed E-state index contributed by atoms with van der Waals surface area (Å²) in [4.78, 5) is 2.29. The van der Waals surface area contributed by atoms with Crippen molar-refractivity contribution in [3.8, 4) is 11.9 Å². The summed E-state index contributed by atoms with van der Waals surface area (Å²) in [5.74, 6) is 1.02. The van der Waals surface area contributed by atoms with Crippen LogP contribution in [-0.2, 0) is 11.8 Å². The smallest absolute Gasteiger partial charge is 0.244 e. The van der Waals surface area contributed by atoms with Crippen LogP contribution in [-0.4, -0.2) is 35.2 Å². The van der Waals surface area contributed by atoms with Gasteiger partial charge in [-0.05, 0) is 32.4 Å². The lowest BCUT2D eigenvalue weighted by Crippen LogP contribution is -2.51. The van der Waals surface area contributed by atoms with E-state index in [-0.39, 0.29) is 17.2 Å². The number of ether oxygens (including phenoxy) is 1. The number of H-pyrrole nitrogens is 1. The van der Waals surface area contributed by atoms with Gasteiger partial charge in [0.15, 0.2) is 0 Å². The second kappa shape index (κ2) is 4.78. The SMILES string of the molecule is CCc1[nH]nc2c1C1(CCN(C)C[C@H]1C)C(C#N)=C(N)O2. The number of likely N-dealkylation sites (tertiary alicyclic amines) is 1. The Hall–Kier alpha value is -2.00. The van der Waals surface area contributed by atoms with Crippen LogP contribution in [0.15, 0.2) is 11.5 Å². The highest BCUT2D eigenvalue weighted by Crippen LogP contribution is 2.52. The van der Waals surface area contributed by atoms with Gasteiger partial charge in [0.2, 0.25) is 11.8 Å². The largest absolute Gasteiger partial charge is 0.420 e. The monoisotopic (exact) mass is 287 g/mol. The van der Waals surface area contributed by atoms with Gasteiger partial charge >= 0.3 is 0 Å². The van der Waals surface area contributed by atoms with Gasteiger partial charge in [0.25, 0.3) is 0 Å². The summed E-state index contributed by atoms with van der Waals surface area (Å²) >= 11 is 0. The molecule has 2 aliphatic heterocycles. The molecule has 3 rings (SSSR count). The third-order valence-electron chi connectivity index (χ3n) is 4.93. The van der Waals surface area contributed by atoms with E-state index >= 15 is 0 Å². The first-order chi connectivity index (χ1) is 10.0. The molecule has 2 atom stereocenters. The first kappa shape index (κ1) is 14.0. The molecular formula is C15H21N5O. The number of aryl methyl sites for hydroxylation is 1. The molecule has 21 heavy (non-hydrogen) atoms. The molecule has 1 aromatic rings. The molecule has 1 unspecified atom stereocenters. The molecule has 1 fully saturated rings. The molecule has 0 radical (unpaired) electrons. The van der Waals surface area contributed by atoms with Gasteiger partial charge in [-0.2, -0.15) is 5.26 Å². The van der Waals surface area contributed by atoms with Crippen LogP contribution in [0, 0.1) is 17.2 Å². The quantitative estimate of drug-likeness (QED) is 0.811. The van der Waals surface area contributed by atoms with Crippen molar-refractivity contribution in [2.24, 2.45) is 11.7 Å². The zero-order valence-corrected chi connectivity index (χ0v) is 12.7. The normalized spacial score (nSPS) is 29.1. The number of nitrogens with two attached hydrogens (primary N) is 1. The van der Waals surface area contributed by atoms with Crippen LogP contribution < -0.4 is 10.5 Å². The van der Waals surface area contributed by atoms with Crippen molar-refractivity contribution >= 4 is 0 Å². The van der Waals surface area contributed by atoms with Gasteiger partial charge in [0.05, 0.1) is 0 Å². The number of nitrogens with zero attached hydrogens (tertiary/aromatic N) is 3. The van der Waals surface area contributed by atoms with Crippen molar-refractivity contribution in [2.75, 3.05) is 20.1 Å². The first-order valence-electron chi connectivity index (χ1n) is 7.39. The predicted octanol–water partition coefficient (Wildman–Crippen LogP) is 1.27. The molecule has 1 saturated heterocycles. The average molecular weight is 287 g/mol. The van der Waals surface area contributed by atoms with E-state index in [9.17, 15) is 5.26 Å². The van der Waals surface area contributed by atoms with Crippen molar-refractivity contribution in [2.45, 2.75) is 32.1 Å². The molecule has 0 aliphatic carbocycles. The van der Waals surface area contributed by atoms with Crippen LogP contribution in [0.2, 0.25) is 0 Å². The number of aromatic amines is 1. The number of rotatable bonds is 1. The van der Waals surface area contributed by atoms with Gasteiger partial charge in [-0.25, -0.2) is 0 Å². The second-order valence-electron chi connectivity index (χ2n) is 6.07. The molecule has 0 aromatic carbocycles. The van der Waals surface area contributed by atoms with E-state index < -0.39 is 0 Å². The van der Waals surface area contributed by atoms with Crippen LogP contribution in [0.3, 0.4) is 0 Å². The van der Waals surface area contributed by atoms with Crippen LogP contribution in [0.5, 0.6) is 5.88 Å². The Morgan fingerprint density at radius 1 is 1.62 bits per heavy atom. The number of fused-ring (bicyclic) bond motifs is 2. The number of hydrogen-bond donors (Lipinski definition) is 2. The van der Waals surface area contributed by atoms with Crippen molar-refractivity contribution in [3.63, 3.8) is 0 Å². The molecule has 0 amide bonds. The van der Waals surface area contributed by atoms with Gasteiger partial charge < -0.3 is 15.4 Å². The summed E-state index contributed by atoms with van der Waals surface area (Å²) in [5.41, 5.74) is 8.29. The lowest BCUT2D eigenvalue weighted by atomic mass is 9.61. The van der Waals surface area contributed by atoms with E-state index in [0.29, 0.717) is 11.5 Å². The van der Waals surface area contributed by atoms with Crippen molar-refractivity contribution in [1.29, 1.82) is 5.26 Å². The number of piperidine rings is 1. The van der Waals surface area contributed by atoms with Gasteiger partial charge in [-0.15, -0.1) is 5.10 Å². The molecule has 1 spiro atoms. The number of aromatic nitrogens is 2. The minimum absolute atomic E-state index is 0.204. The molecule has 3 N–H and O–H groups in total. The van der Waals surface area contributed by atoms with Crippen LogP contribution in [0.4, 0.5) is 0 Å². The maximum Gasteiger partial charge on any atom is 0.244 e. The second-order valence-corrected chi connectivity index (χ2v) is 6.07. The first-order valence-corrected chi connectivity index (χ1v) is 7.39. The Morgan fingerprint density at radius 3 is 3.00 bits per heavy atom. The molecule has 0 bridgehead atoms. The van der Waals surface area contributed by atoms with Gasteiger partial charge in [0.1, 0.15) is 11.6 Å². The number of nitriles is 1. The topological polar surface area (TPSA) is 91.0 Å². The Kier molecular flexibility index (Phi) is 3.18. The minimum atomic E-state index is -0.378. The van der Waals surface area contributed by atoms with E-state index in [1.165, 1.54) is 0 Å². The maximum atomic E-state index is 9.68. The number of nitrogens with one attached hydrogen (secondary N) is 1. The van der Waals surface area contributed by atoms with Crippen molar-refractivity contribution in [1.82, 2.24) is 15.1 Å². The van der Waals surface area contributed by atoms with Crippen LogP contribution in [0.1, 0.15) is 31.5 Å². The summed E-state index contributed by atoms with van der Waals surface area (Å²) in [6, 6.07) is 2.31. The summed E-state index contributed by atoms with van der Waals surface area (Å²) in [6.07, 6.45) is 1.69. The summed E-state index contributed by atoms with van der Waals surface area (Å²) < 4.78 is 5.60. The predicted molar refractivity (Wildman–Crippen MR) is 78.4 cm³/mol. The van der Waals surface area contributed by atoms with E-state index in [1.807, 2.05) is 0 Å². The molecule has 1 aromatic heterocycles. The lowest BCUT2D eigenvalue weighted by molar-refractivity contribution is 0.135. The van der Waals surface area contributed by atoms with E-state index in [0.717, 1.165) is 37.2 Å². The highest BCUT2D eigenvalue weighted by Gasteiger charge is 2.52. The Bertz CT molecular complexity index is 641. The fourth-order valence-electron chi connectivity index (χ4n) is 3.87. The number of allylic oxidation sites excluding steroid dienone is 1. The van der Waals surface area contributed by atoms with Gasteiger partial charge in [-0.1, -0.05) is 13.8 Å².